The van der Waals surface area contributed by atoms with Crippen molar-refractivity contribution in [3.8, 4) is 11.3 Å². The van der Waals surface area contributed by atoms with Crippen LogP contribution in [0.3, 0.4) is 0 Å². The van der Waals surface area contributed by atoms with Crippen LogP contribution in [0.2, 0.25) is 10.0 Å². The van der Waals surface area contributed by atoms with Crippen LogP contribution in [0.15, 0.2) is 36.8 Å². The number of imidazole rings is 2. The lowest BCUT2D eigenvalue weighted by Crippen LogP contribution is -2.39. The first-order chi connectivity index (χ1) is 16.1. The average molecular weight is 486 g/mol. The summed E-state index contributed by atoms with van der Waals surface area (Å²) >= 11 is 12.2. The molecule has 0 atom stereocenters. The van der Waals surface area contributed by atoms with Gasteiger partial charge in [0, 0.05) is 30.9 Å². The molecule has 0 aliphatic carbocycles. The largest absolute Gasteiger partial charge is 0.378 e. The van der Waals surface area contributed by atoms with Gasteiger partial charge in [0.05, 0.1) is 64.6 Å². The second-order valence-electron chi connectivity index (χ2n) is 7.50. The van der Waals surface area contributed by atoms with Crippen LogP contribution in [0.5, 0.6) is 0 Å². The highest BCUT2D eigenvalue weighted by molar-refractivity contribution is 6.42. The minimum atomic E-state index is 0.380. The quantitative estimate of drug-likeness (QED) is 0.209. The summed E-state index contributed by atoms with van der Waals surface area (Å²) in [4.78, 5) is 17.6. The number of H-pyrrole nitrogens is 3. The van der Waals surface area contributed by atoms with E-state index in [0.29, 0.717) is 66.1 Å². The molecule has 0 amide bonds. The number of halogens is 2. The maximum absolute atomic E-state index is 8.57. The van der Waals surface area contributed by atoms with E-state index in [0.717, 1.165) is 22.3 Å². The molecule has 0 unspecified atom stereocenters. The van der Waals surface area contributed by atoms with Gasteiger partial charge in [0.25, 0.3) is 0 Å². The van der Waals surface area contributed by atoms with Crippen LogP contribution in [0.25, 0.3) is 28.0 Å². The molecule has 10 nitrogen and oxygen atoms in total. The van der Waals surface area contributed by atoms with Gasteiger partial charge in [-0.05, 0) is 12.1 Å². The first-order valence-electron chi connectivity index (χ1n) is 10.3. The van der Waals surface area contributed by atoms with Crippen LogP contribution < -0.4 is 5.32 Å². The lowest BCUT2D eigenvalue weighted by molar-refractivity contribution is 0.0681. The minimum absolute atomic E-state index is 0.380. The molecule has 0 spiro atoms. The zero-order valence-electron chi connectivity index (χ0n) is 17.5. The molecule has 4 heterocycles. The van der Waals surface area contributed by atoms with E-state index in [1.807, 2.05) is 4.90 Å². The maximum Gasteiger partial charge on any atom is 0.154 e. The number of rotatable bonds is 6. The number of fused-ring (bicyclic) bond motifs is 1. The van der Waals surface area contributed by atoms with Crippen molar-refractivity contribution in [2.45, 2.75) is 6.54 Å². The van der Waals surface area contributed by atoms with Crippen LogP contribution in [-0.2, 0) is 11.3 Å². The van der Waals surface area contributed by atoms with Crippen LogP contribution in [0.1, 0.15) is 11.6 Å². The van der Waals surface area contributed by atoms with Crippen molar-refractivity contribution in [1.82, 2.24) is 40.3 Å². The normalized spacial score (nSPS) is 14.7. The summed E-state index contributed by atoms with van der Waals surface area (Å²) in [5, 5.41) is 19.6. The predicted octanol–water partition coefficient (Wildman–Crippen LogP) is 3.42. The molecule has 0 saturated carbocycles. The molecule has 1 fully saturated rings. The third-order valence-electron chi connectivity index (χ3n) is 5.29. The molecule has 5 rings (SSSR count). The smallest absolute Gasteiger partial charge is 0.154 e. The molecule has 12 heteroatoms. The van der Waals surface area contributed by atoms with E-state index >= 15 is 0 Å². The molecule has 170 valence electrons. The van der Waals surface area contributed by atoms with E-state index in [2.05, 4.69) is 35.5 Å². The van der Waals surface area contributed by atoms with Crippen molar-refractivity contribution < 1.29 is 4.74 Å². The van der Waals surface area contributed by atoms with Gasteiger partial charge in [-0.1, -0.05) is 23.2 Å². The van der Waals surface area contributed by atoms with Gasteiger partial charge in [-0.15, -0.1) is 0 Å². The Labute approximate surface area is 198 Å². The summed E-state index contributed by atoms with van der Waals surface area (Å²) in [6.07, 6.45) is 7.00. The summed E-state index contributed by atoms with van der Waals surface area (Å²) in [6, 6.07) is 3.48. The molecule has 0 radical (unpaired) electrons. The summed E-state index contributed by atoms with van der Waals surface area (Å²) in [5.74, 6) is 1.69. The monoisotopic (exact) mass is 485 g/mol. The highest BCUT2D eigenvalue weighted by atomic mass is 35.5. The fraction of sp³-hybridized carbons (Fsp3) is 0.238. The molecule has 1 saturated heterocycles. The fourth-order valence-electron chi connectivity index (χ4n) is 3.56. The Morgan fingerprint density at radius 3 is 2.79 bits per heavy atom. The van der Waals surface area contributed by atoms with Gasteiger partial charge < -0.3 is 24.9 Å². The van der Waals surface area contributed by atoms with Crippen molar-refractivity contribution in [1.29, 1.82) is 5.41 Å². The number of hydrogen-bond acceptors (Lipinski definition) is 6. The lowest BCUT2D eigenvalue weighted by Gasteiger charge is -2.28. The van der Waals surface area contributed by atoms with E-state index in [1.165, 1.54) is 0 Å². The van der Waals surface area contributed by atoms with E-state index < -0.39 is 0 Å². The zero-order chi connectivity index (χ0) is 22.8. The lowest BCUT2D eigenvalue weighted by atomic mass is 10.3. The van der Waals surface area contributed by atoms with Gasteiger partial charge in [0.2, 0.25) is 0 Å². The highest BCUT2D eigenvalue weighted by Crippen LogP contribution is 2.26. The number of hydrogen-bond donors (Lipinski definition) is 5. The molecule has 1 aliphatic heterocycles. The van der Waals surface area contributed by atoms with Gasteiger partial charge in [-0.3, -0.25) is 10.5 Å². The van der Waals surface area contributed by atoms with Crippen LogP contribution >= 0.6 is 23.2 Å². The third-order valence-corrected chi connectivity index (χ3v) is 6.01. The first-order valence-corrected chi connectivity index (χ1v) is 11.1. The third kappa shape index (κ3) is 4.72. The van der Waals surface area contributed by atoms with Crippen molar-refractivity contribution in [3.63, 3.8) is 0 Å². The van der Waals surface area contributed by atoms with Crippen LogP contribution in [0.4, 0.5) is 0 Å². The Kier molecular flexibility index (Phi) is 6.03. The Morgan fingerprint density at radius 2 is 2.00 bits per heavy atom. The van der Waals surface area contributed by atoms with Gasteiger partial charge in [0.15, 0.2) is 5.82 Å². The Morgan fingerprint density at radius 1 is 1.18 bits per heavy atom. The average Bonchev–Trinajstić information content (AvgIpc) is 3.58. The number of nitrogens with one attached hydrogen (secondary N) is 5. The summed E-state index contributed by atoms with van der Waals surface area (Å²) in [7, 11) is 0. The van der Waals surface area contributed by atoms with Gasteiger partial charge in [-0.2, -0.15) is 5.10 Å². The molecular weight excluding hydrogens is 465 g/mol. The summed E-state index contributed by atoms with van der Waals surface area (Å²) < 4.78 is 5.40. The van der Waals surface area contributed by atoms with Gasteiger partial charge in [-0.25, -0.2) is 9.97 Å². The number of aromatic nitrogens is 6. The Hall–Kier alpha value is -3.34. The standard InChI is InChI=1S/C21H21Cl2N9O/c22-13-5-15-16(6-14(13)23)30-20(29-15)11-25-17(7-19(24)32-1-3-33-4-2-32)21-26-10-18(31-21)12-8-27-28-9-12/h5-10,24-25H,1-4,11H2,(H,26,31)(H,27,28)(H,29,30)/b17-7+,24-19?. The molecule has 0 bridgehead atoms. The minimum Gasteiger partial charge on any atom is -0.378 e. The van der Waals surface area contributed by atoms with E-state index in [-0.39, 0.29) is 0 Å². The number of benzene rings is 1. The molecule has 3 aromatic heterocycles. The van der Waals surface area contributed by atoms with Crippen LogP contribution in [0, 0.1) is 5.41 Å². The predicted molar refractivity (Wildman–Crippen MR) is 127 cm³/mol. The van der Waals surface area contributed by atoms with Gasteiger partial charge >= 0.3 is 0 Å². The van der Waals surface area contributed by atoms with Crippen LogP contribution in [-0.4, -0.2) is 67.2 Å². The number of morpholine rings is 1. The first kappa shape index (κ1) is 21.5. The second-order valence-corrected chi connectivity index (χ2v) is 8.31. The fourth-order valence-corrected chi connectivity index (χ4v) is 3.88. The van der Waals surface area contributed by atoms with E-state index in [1.54, 1.807) is 36.8 Å². The zero-order valence-corrected chi connectivity index (χ0v) is 19.0. The van der Waals surface area contributed by atoms with Crippen molar-refractivity contribution in [2.75, 3.05) is 26.3 Å². The SMILES string of the molecule is N=C(/C=C(/NCc1nc2cc(Cl)c(Cl)cc2[nH]1)c1ncc(-c2cn[nH]c2)[nH]1)N1CCOCC1. The van der Waals surface area contributed by atoms with Crippen molar-refractivity contribution in [2.24, 2.45) is 0 Å². The molecule has 1 aliphatic rings. The number of aromatic amines is 3. The number of nitrogens with zero attached hydrogens (tertiary/aromatic N) is 4. The summed E-state index contributed by atoms with van der Waals surface area (Å²) in [6.45, 7) is 2.94. The maximum atomic E-state index is 8.57. The Balaban J connectivity index is 1.41. The molecule has 1 aromatic carbocycles. The van der Waals surface area contributed by atoms with Gasteiger partial charge in [0.1, 0.15) is 11.7 Å². The van der Waals surface area contributed by atoms with Crippen molar-refractivity contribution in [3.05, 3.63) is 58.5 Å². The van der Waals surface area contributed by atoms with E-state index in [9.17, 15) is 0 Å². The molecule has 33 heavy (non-hydrogen) atoms. The number of amidine groups is 1. The number of ether oxygens (including phenoxy) is 1. The molecule has 5 N–H and O–H groups in total. The Bertz CT molecular complexity index is 1260. The highest BCUT2D eigenvalue weighted by Gasteiger charge is 2.16. The second kappa shape index (κ2) is 9.26. The molecular formula is C21H21Cl2N9O. The van der Waals surface area contributed by atoms with Crippen molar-refractivity contribution >= 4 is 45.8 Å². The topological polar surface area (TPSA) is 134 Å². The van der Waals surface area contributed by atoms with E-state index in [4.69, 9.17) is 33.3 Å². The summed E-state index contributed by atoms with van der Waals surface area (Å²) in [5.41, 5.74) is 3.90. The molecule has 4 aromatic rings.